The Hall–Kier alpha value is -2.87. The summed E-state index contributed by atoms with van der Waals surface area (Å²) in [7, 11) is 0. The van der Waals surface area contributed by atoms with Crippen molar-refractivity contribution in [2.75, 3.05) is 32.9 Å². The van der Waals surface area contributed by atoms with E-state index in [1.165, 1.54) is 4.57 Å². The molecule has 0 N–H and O–H groups in total. The smallest absolute Gasteiger partial charge is 0.347 e. The Morgan fingerprint density at radius 1 is 1.18 bits per heavy atom. The number of aromatic nitrogens is 1. The van der Waals surface area contributed by atoms with E-state index >= 15 is 0 Å². The number of hydrogen-bond donors (Lipinski definition) is 0. The number of nitrogens with zero attached hydrogens (tertiary/aromatic N) is 2. The number of amides is 1. The first kappa shape index (κ1) is 19.9. The predicted octanol–water partition coefficient (Wildman–Crippen LogP) is 1.19. The van der Waals surface area contributed by atoms with E-state index in [1.54, 1.807) is 49.2 Å². The predicted molar refractivity (Wildman–Crippen MR) is 102 cm³/mol. The van der Waals surface area contributed by atoms with Gasteiger partial charge in [-0.05, 0) is 32.0 Å². The first-order chi connectivity index (χ1) is 13.5. The van der Waals surface area contributed by atoms with Gasteiger partial charge >= 0.3 is 5.97 Å². The van der Waals surface area contributed by atoms with E-state index in [2.05, 4.69) is 0 Å². The molecule has 8 nitrogen and oxygen atoms in total. The van der Waals surface area contributed by atoms with Gasteiger partial charge in [0.15, 0.2) is 6.10 Å². The van der Waals surface area contributed by atoms with Crippen molar-refractivity contribution in [3.05, 3.63) is 40.8 Å². The highest BCUT2D eigenvalue weighted by molar-refractivity contribution is 5.88. The average Bonchev–Trinajstić information content (AvgIpc) is 2.71. The van der Waals surface area contributed by atoms with Crippen LogP contribution in [0.2, 0.25) is 0 Å². The fraction of sp³-hybridized carbons (Fsp3) is 0.450. The summed E-state index contributed by atoms with van der Waals surface area (Å²) in [4.78, 5) is 38.8. The number of morpholine rings is 1. The monoisotopic (exact) mass is 388 g/mol. The molecule has 1 atom stereocenters. The second-order valence-corrected chi connectivity index (χ2v) is 6.47. The molecule has 0 radical (unpaired) electrons. The van der Waals surface area contributed by atoms with Crippen molar-refractivity contribution < 1.29 is 23.8 Å². The maximum atomic E-state index is 12.8. The molecule has 2 heterocycles. The molecule has 1 aromatic heterocycles. The van der Waals surface area contributed by atoms with Crippen LogP contribution in [0.3, 0.4) is 0 Å². The molecule has 2 aromatic rings. The minimum Gasteiger partial charge on any atom is -0.478 e. The van der Waals surface area contributed by atoms with Gasteiger partial charge in [-0.3, -0.25) is 9.59 Å². The summed E-state index contributed by atoms with van der Waals surface area (Å²) in [6.45, 7) is 5.65. The fourth-order valence-electron chi connectivity index (χ4n) is 3.07. The van der Waals surface area contributed by atoms with E-state index in [-0.39, 0.29) is 24.6 Å². The van der Waals surface area contributed by atoms with E-state index in [1.807, 2.05) is 0 Å². The number of esters is 1. The van der Waals surface area contributed by atoms with Crippen molar-refractivity contribution >= 4 is 22.6 Å². The van der Waals surface area contributed by atoms with Crippen LogP contribution in [0.5, 0.6) is 5.75 Å². The Morgan fingerprint density at radius 2 is 1.93 bits per heavy atom. The summed E-state index contributed by atoms with van der Waals surface area (Å²) in [5.74, 6) is -0.168. The summed E-state index contributed by atoms with van der Waals surface area (Å²) < 4.78 is 17.3. The van der Waals surface area contributed by atoms with E-state index in [0.29, 0.717) is 42.8 Å². The Kier molecular flexibility index (Phi) is 6.30. The van der Waals surface area contributed by atoms with Crippen LogP contribution in [0.25, 0.3) is 10.8 Å². The zero-order valence-electron chi connectivity index (χ0n) is 16.1. The molecule has 1 fully saturated rings. The molecular weight excluding hydrogens is 364 g/mol. The van der Waals surface area contributed by atoms with E-state index in [4.69, 9.17) is 14.2 Å². The first-order valence-corrected chi connectivity index (χ1v) is 9.32. The Balaban J connectivity index is 1.83. The molecular formula is C20H24N2O6. The molecule has 150 valence electrons. The highest BCUT2D eigenvalue weighted by atomic mass is 16.6. The van der Waals surface area contributed by atoms with Crippen molar-refractivity contribution in [3.63, 3.8) is 0 Å². The number of rotatable bonds is 6. The second kappa shape index (κ2) is 8.88. The summed E-state index contributed by atoms with van der Waals surface area (Å²) >= 11 is 0. The number of benzene rings is 1. The van der Waals surface area contributed by atoms with Crippen molar-refractivity contribution in [1.29, 1.82) is 0 Å². The number of pyridine rings is 1. The van der Waals surface area contributed by atoms with Crippen molar-refractivity contribution in [2.24, 2.45) is 0 Å². The van der Waals surface area contributed by atoms with E-state index in [0.717, 1.165) is 0 Å². The quantitative estimate of drug-likeness (QED) is 0.691. The van der Waals surface area contributed by atoms with Crippen molar-refractivity contribution in [1.82, 2.24) is 9.47 Å². The standard InChI is InChI=1S/C20H24N2O6/c1-3-27-20(25)14(2)28-17-6-4-5-16-15(17)7-8-22(19(16)24)13-18(23)21-9-11-26-12-10-21/h4-8,14H,3,9-13H2,1-2H3. The van der Waals surface area contributed by atoms with Gasteiger partial charge in [0.05, 0.1) is 25.2 Å². The van der Waals surface area contributed by atoms with Crippen molar-refractivity contribution in [3.8, 4) is 5.75 Å². The molecule has 3 rings (SSSR count). The fourth-order valence-corrected chi connectivity index (χ4v) is 3.07. The Labute approximate surface area is 162 Å². The lowest BCUT2D eigenvalue weighted by atomic mass is 10.1. The normalized spacial score (nSPS) is 15.3. The van der Waals surface area contributed by atoms with Gasteiger partial charge in [0, 0.05) is 24.7 Å². The van der Waals surface area contributed by atoms with Crippen LogP contribution in [0.4, 0.5) is 0 Å². The van der Waals surface area contributed by atoms with Gasteiger partial charge in [0.2, 0.25) is 5.91 Å². The van der Waals surface area contributed by atoms with Gasteiger partial charge in [-0.2, -0.15) is 0 Å². The molecule has 1 amide bonds. The van der Waals surface area contributed by atoms with Crippen LogP contribution >= 0.6 is 0 Å². The maximum Gasteiger partial charge on any atom is 0.347 e. The molecule has 1 aromatic carbocycles. The van der Waals surface area contributed by atoms with Crippen LogP contribution in [0.15, 0.2) is 35.3 Å². The molecule has 0 bridgehead atoms. The number of carbonyl (C=O) groups is 2. The maximum absolute atomic E-state index is 12.8. The lowest BCUT2D eigenvalue weighted by molar-refractivity contribution is -0.150. The van der Waals surface area contributed by atoms with Crippen LogP contribution in [-0.2, 0) is 25.6 Å². The van der Waals surface area contributed by atoms with Gasteiger partial charge in [-0.15, -0.1) is 0 Å². The van der Waals surface area contributed by atoms with Crippen LogP contribution in [0, 0.1) is 0 Å². The minimum absolute atomic E-state index is 0.0287. The van der Waals surface area contributed by atoms with Gasteiger partial charge in [0.1, 0.15) is 12.3 Å². The molecule has 1 aliphatic rings. The summed E-state index contributed by atoms with van der Waals surface area (Å²) in [6.07, 6.45) is 0.779. The number of ether oxygens (including phenoxy) is 3. The first-order valence-electron chi connectivity index (χ1n) is 9.32. The molecule has 1 unspecified atom stereocenters. The third kappa shape index (κ3) is 4.33. The molecule has 0 saturated carbocycles. The lowest BCUT2D eigenvalue weighted by Crippen LogP contribution is -2.43. The molecule has 0 aliphatic carbocycles. The van der Waals surface area contributed by atoms with Crippen molar-refractivity contribution in [2.45, 2.75) is 26.5 Å². The SMILES string of the molecule is CCOC(=O)C(C)Oc1cccc2c(=O)n(CC(=O)N3CCOCC3)ccc12. The molecule has 1 aliphatic heterocycles. The topological polar surface area (TPSA) is 87.1 Å². The number of fused-ring (bicyclic) bond motifs is 1. The van der Waals surface area contributed by atoms with Gasteiger partial charge in [-0.1, -0.05) is 6.07 Å². The molecule has 28 heavy (non-hydrogen) atoms. The summed E-state index contributed by atoms with van der Waals surface area (Å²) in [5.41, 5.74) is -0.284. The third-order valence-corrected chi connectivity index (χ3v) is 4.57. The zero-order chi connectivity index (χ0) is 20.1. The van der Waals surface area contributed by atoms with E-state index < -0.39 is 12.1 Å². The minimum atomic E-state index is -0.795. The molecule has 1 saturated heterocycles. The lowest BCUT2D eigenvalue weighted by Gasteiger charge is -2.27. The third-order valence-electron chi connectivity index (χ3n) is 4.57. The van der Waals surface area contributed by atoms with Crippen LogP contribution in [0.1, 0.15) is 13.8 Å². The number of hydrogen-bond acceptors (Lipinski definition) is 6. The highest BCUT2D eigenvalue weighted by Crippen LogP contribution is 2.24. The van der Waals surface area contributed by atoms with Gasteiger partial charge in [-0.25, -0.2) is 4.79 Å². The van der Waals surface area contributed by atoms with Gasteiger partial charge in [0.25, 0.3) is 5.56 Å². The van der Waals surface area contributed by atoms with Crippen LogP contribution in [-0.4, -0.2) is 60.4 Å². The number of carbonyl (C=O) groups excluding carboxylic acids is 2. The van der Waals surface area contributed by atoms with Gasteiger partial charge < -0.3 is 23.7 Å². The Bertz CT molecular complexity index is 917. The largest absolute Gasteiger partial charge is 0.478 e. The highest BCUT2D eigenvalue weighted by Gasteiger charge is 2.20. The molecule has 0 spiro atoms. The zero-order valence-corrected chi connectivity index (χ0v) is 16.1. The second-order valence-electron chi connectivity index (χ2n) is 6.47. The Morgan fingerprint density at radius 3 is 2.64 bits per heavy atom. The van der Waals surface area contributed by atoms with Crippen LogP contribution < -0.4 is 10.3 Å². The average molecular weight is 388 g/mol. The van der Waals surface area contributed by atoms with E-state index in [9.17, 15) is 14.4 Å². The summed E-state index contributed by atoms with van der Waals surface area (Å²) in [5, 5.41) is 1.00. The molecule has 8 heteroatoms. The summed E-state index contributed by atoms with van der Waals surface area (Å²) in [6, 6.07) is 6.78.